The van der Waals surface area contributed by atoms with Gasteiger partial charge in [0.2, 0.25) is 5.95 Å². The Kier molecular flexibility index (Phi) is 4.90. The predicted octanol–water partition coefficient (Wildman–Crippen LogP) is 1.74. The van der Waals surface area contributed by atoms with Gasteiger partial charge in [0.15, 0.2) is 0 Å². The highest BCUT2D eigenvalue weighted by Gasteiger charge is 2.06. The van der Waals surface area contributed by atoms with Gasteiger partial charge in [-0.25, -0.2) is 9.97 Å². The van der Waals surface area contributed by atoms with Crippen molar-refractivity contribution in [3.8, 4) is 0 Å². The van der Waals surface area contributed by atoms with Gasteiger partial charge in [-0.3, -0.25) is 0 Å². The van der Waals surface area contributed by atoms with Crippen LogP contribution in [-0.4, -0.2) is 28.0 Å². The van der Waals surface area contributed by atoms with Gasteiger partial charge >= 0.3 is 0 Å². The summed E-state index contributed by atoms with van der Waals surface area (Å²) in [6, 6.07) is 0. The Morgan fingerprint density at radius 2 is 2.13 bits per heavy atom. The molecule has 1 rings (SSSR count). The Morgan fingerprint density at radius 3 is 2.60 bits per heavy atom. The number of rotatable bonds is 5. The number of hydrogen-bond donors (Lipinski definition) is 1. The summed E-state index contributed by atoms with van der Waals surface area (Å²) in [5, 5.41) is 0. The minimum absolute atomic E-state index is 0.519. The van der Waals surface area contributed by atoms with E-state index >= 15 is 0 Å². The molecule has 2 N–H and O–H groups in total. The molecule has 0 spiro atoms. The monoisotopic (exact) mass is 288 g/mol. The molecule has 1 aromatic heterocycles. The summed E-state index contributed by atoms with van der Waals surface area (Å²) in [7, 11) is 0. The average molecular weight is 289 g/mol. The van der Waals surface area contributed by atoms with Gasteiger partial charge in [0.05, 0.1) is 9.46 Å². The first kappa shape index (κ1) is 12.3. The van der Waals surface area contributed by atoms with Gasteiger partial charge in [-0.2, -0.15) is 0 Å². The molecule has 82 valence electrons. The quantitative estimate of drug-likeness (QED) is 0.837. The second-order valence-electron chi connectivity index (χ2n) is 3.00. The third-order valence-electron chi connectivity index (χ3n) is 1.90. The molecule has 0 amide bonds. The molecular formula is C9H13BrN4S. The Bertz CT molecular complexity index is 327. The van der Waals surface area contributed by atoms with Crippen molar-refractivity contribution in [3.63, 3.8) is 0 Å². The second-order valence-corrected chi connectivity index (χ2v) is 4.44. The van der Waals surface area contributed by atoms with Crippen LogP contribution >= 0.6 is 28.1 Å². The van der Waals surface area contributed by atoms with E-state index in [-0.39, 0.29) is 0 Å². The van der Waals surface area contributed by atoms with E-state index in [0.717, 1.165) is 17.6 Å². The van der Waals surface area contributed by atoms with E-state index in [1.54, 1.807) is 12.4 Å². The van der Waals surface area contributed by atoms with E-state index in [4.69, 9.17) is 18.0 Å². The Hall–Kier alpha value is -0.750. The maximum Gasteiger partial charge on any atom is 0.225 e. The molecule has 0 aliphatic carbocycles. The Morgan fingerprint density at radius 1 is 1.53 bits per heavy atom. The normalized spacial score (nSPS) is 10.0. The fourth-order valence-electron chi connectivity index (χ4n) is 1.11. The van der Waals surface area contributed by atoms with Crippen molar-refractivity contribution in [2.24, 2.45) is 5.73 Å². The van der Waals surface area contributed by atoms with E-state index in [9.17, 15) is 0 Å². The van der Waals surface area contributed by atoms with Crippen molar-refractivity contribution in [1.29, 1.82) is 0 Å². The molecule has 0 atom stereocenters. The van der Waals surface area contributed by atoms with Gasteiger partial charge in [-0.15, -0.1) is 0 Å². The minimum atomic E-state index is 0.519. The van der Waals surface area contributed by atoms with Crippen molar-refractivity contribution in [2.75, 3.05) is 18.0 Å². The number of aromatic nitrogens is 2. The lowest BCUT2D eigenvalue weighted by molar-refractivity contribution is 0.797. The Balaban J connectivity index is 2.65. The van der Waals surface area contributed by atoms with E-state index in [1.807, 2.05) is 11.8 Å². The smallest absolute Gasteiger partial charge is 0.225 e. The number of anilines is 1. The van der Waals surface area contributed by atoms with E-state index in [0.29, 0.717) is 17.4 Å². The van der Waals surface area contributed by atoms with Crippen molar-refractivity contribution in [3.05, 3.63) is 16.9 Å². The van der Waals surface area contributed by atoms with E-state index < -0.39 is 0 Å². The van der Waals surface area contributed by atoms with E-state index in [2.05, 4.69) is 25.9 Å². The van der Waals surface area contributed by atoms with Crippen molar-refractivity contribution < 1.29 is 0 Å². The molecule has 0 saturated carbocycles. The van der Waals surface area contributed by atoms with Crippen molar-refractivity contribution >= 4 is 39.1 Å². The summed E-state index contributed by atoms with van der Waals surface area (Å²) >= 11 is 8.13. The first-order chi connectivity index (χ1) is 7.13. The molecule has 4 nitrogen and oxygen atoms in total. The lowest BCUT2D eigenvalue weighted by Gasteiger charge is -2.19. The molecule has 0 fully saturated rings. The molecule has 1 heterocycles. The molecule has 0 aromatic carbocycles. The maximum absolute atomic E-state index is 5.45. The van der Waals surface area contributed by atoms with Crippen molar-refractivity contribution in [1.82, 2.24) is 9.97 Å². The summed E-state index contributed by atoms with van der Waals surface area (Å²) in [4.78, 5) is 11.0. The minimum Gasteiger partial charge on any atom is -0.393 e. The second kappa shape index (κ2) is 5.97. The first-order valence-electron chi connectivity index (χ1n) is 4.64. The summed E-state index contributed by atoms with van der Waals surface area (Å²) in [5.41, 5.74) is 5.45. The summed E-state index contributed by atoms with van der Waals surface area (Å²) < 4.78 is 0.872. The van der Waals surface area contributed by atoms with Crippen LogP contribution in [0.5, 0.6) is 0 Å². The van der Waals surface area contributed by atoms with Crippen LogP contribution in [0.1, 0.15) is 13.3 Å². The number of hydrogen-bond acceptors (Lipinski definition) is 4. The highest BCUT2D eigenvalue weighted by atomic mass is 79.9. The first-order valence-corrected chi connectivity index (χ1v) is 5.84. The standard InChI is InChI=1S/C9H13BrN4S/c1-2-14(4-3-8(11)15)9-12-5-7(10)6-13-9/h5-6H,2-4H2,1H3,(H2,11,15). The van der Waals surface area contributed by atoms with Gasteiger partial charge in [0.1, 0.15) is 0 Å². The lowest BCUT2D eigenvalue weighted by atomic mass is 10.4. The molecule has 6 heteroatoms. The van der Waals surface area contributed by atoms with Crippen LogP contribution in [0.4, 0.5) is 5.95 Å². The summed E-state index contributed by atoms with van der Waals surface area (Å²) in [5.74, 6) is 0.706. The molecule has 0 aliphatic heterocycles. The Labute approximate surface area is 103 Å². The number of nitrogens with two attached hydrogens (primary N) is 1. The molecule has 0 unspecified atom stereocenters. The van der Waals surface area contributed by atoms with Crippen LogP contribution in [0.3, 0.4) is 0 Å². The predicted molar refractivity (Wildman–Crippen MR) is 69.0 cm³/mol. The van der Waals surface area contributed by atoms with Crippen LogP contribution in [0, 0.1) is 0 Å². The van der Waals surface area contributed by atoms with Gasteiger partial charge < -0.3 is 10.6 Å². The van der Waals surface area contributed by atoms with Crippen LogP contribution in [0.25, 0.3) is 0 Å². The highest BCUT2D eigenvalue weighted by Crippen LogP contribution is 2.10. The van der Waals surface area contributed by atoms with Crippen LogP contribution in [0.15, 0.2) is 16.9 Å². The maximum atomic E-state index is 5.45. The van der Waals surface area contributed by atoms with Crippen LogP contribution in [-0.2, 0) is 0 Å². The topological polar surface area (TPSA) is 55.0 Å². The molecular weight excluding hydrogens is 276 g/mol. The lowest BCUT2D eigenvalue weighted by Crippen LogP contribution is -2.28. The third kappa shape index (κ3) is 4.09. The van der Waals surface area contributed by atoms with Crippen molar-refractivity contribution in [2.45, 2.75) is 13.3 Å². The SMILES string of the molecule is CCN(CCC(N)=S)c1ncc(Br)cn1. The van der Waals surface area contributed by atoms with E-state index in [1.165, 1.54) is 0 Å². The number of thiocarbonyl (C=S) groups is 1. The molecule has 1 aromatic rings. The fourth-order valence-corrected chi connectivity index (χ4v) is 1.41. The largest absolute Gasteiger partial charge is 0.393 e. The molecule has 0 aliphatic rings. The molecule has 15 heavy (non-hydrogen) atoms. The van der Waals surface area contributed by atoms with Gasteiger partial charge in [0.25, 0.3) is 0 Å². The third-order valence-corrected chi connectivity index (χ3v) is 2.51. The van der Waals surface area contributed by atoms with Crippen LogP contribution < -0.4 is 10.6 Å². The molecule has 0 saturated heterocycles. The molecule has 0 radical (unpaired) electrons. The zero-order chi connectivity index (χ0) is 11.3. The van der Waals surface area contributed by atoms with Gasteiger partial charge in [0, 0.05) is 31.9 Å². The average Bonchev–Trinajstić information content (AvgIpc) is 2.21. The van der Waals surface area contributed by atoms with Crippen LogP contribution in [0.2, 0.25) is 0 Å². The number of halogens is 1. The summed E-state index contributed by atoms with van der Waals surface area (Å²) in [6.07, 6.45) is 4.14. The zero-order valence-electron chi connectivity index (χ0n) is 8.48. The number of nitrogens with zero attached hydrogens (tertiary/aromatic N) is 3. The summed E-state index contributed by atoms with van der Waals surface area (Å²) in [6.45, 7) is 3.64. The fraction of sp³-hybridized carbons (Fsp3) is 0.444. The van der Waals surface area contributed by atoms with Gasteiger partial charge in [-0.05, 0) is 22.9 Å². The highest BCUT2D eigenvalue weighted by molar-refractivity contribution is 9.10. The molecule has 0 bridgehead atoms. The van der Waals surface area contributed by atoms with Gasteiger partial charge in [-0.1, -0.05) is 12.2 Å². The zero-order valence-corrected chi connectivity index (χ0v) is 10.9.